The molecule has 138 valence electrons. The number of carbonyl (C=O) groups is 2. The van der Waals surface area contributed by atoms with Gasteiger partial charge in [-0.2, -0.15) is 0 Å². The lowest BCUT2D eigenvalue weighted by molar-refractivity contribution is -0.155. The van der Waals surface area contributed by atoms with Crippen molar-refractivity contribution in [3.8, 4) is 0 Å². The average molecular weight is 355 g/mol. The molecule has 1 amide bonds. The molecule has 0 aromatic heterocycles. The fourth-order valence-electron chi connectivity index (χ4n) is 2.94. The standard InChI is InChI=1S/C21H25NO4/c1-4-26-16(2)21(20(24)25-3,15-17-11-7-5-8-12-17)22-19(23)18-13-9-6-10-14-18/h5-14,16H,4,15H2,1-3H3,(H,22,23)/t16-,21-/m0/s1. The van der Waals surface area contributed by atoms with Crippen LogP contribution in [-0.4, -0.2) is 37.2 Å². The summed E-state index contributed by atoms with van der Waals surface area (Å²) in [4.78, 5) is 25.6. The first-order chi connectivity index (χ1) is 12.5. The molecule has 0 aliphatic rings. The third-order valence-electron chi connectivity index (χ3n) is 4.36. The fraction of sp³-hybridized carbons (Fsp3) is 0.333. The van der Waals surface area contributed by atoms with E-state index in [2.05, 4.69) is 5.32 Å². The second-order valence-corrected chi connectivity index (χ2v) is 6.04. The Morgan fingerprint density at radius 2 is 1.62 bits per heavy atom. The molecule has 0 unspecified atom stereocenters. The monoisotopic (exact) mass is 355 g/mol. The van der Waals surface area contributed by atoms with Crippen molar-refractivity contribution in [1.29, 1.82) is 0 Å². The summed E-state index contributed by atoms with van der Waals surface area (Å²) in [7, 11) is 1.31. The number of methoxy groups -OCH3 is 1. The average Bonchev–Trinajstić information content (AvgIpc) is 2.68. The van der Waals surface area contributed by atoms with Crippen molar-refractivity contribution in [1.82, 2.24) is 5.32 Å². The topological polar surface area (TPSA) is 64.6 Å². The number of amides is 1. The summed E-state index contributed by atoms with van der Waals surface area (Å²) in [5, 5.41) is 2.89. The number of hydrogen-bond acceptors (Lipinski definition) is 4. The van der Waals surface area contributed by atoms with Gasteiger partial charge in [0.05, 0.1) is 13.2 Å². The Labute approximate surface area is 154 Å². The van der Waals surface area contributed by atoms with Crippen LogP contribution in [0.2, 0.25) is 0 Å². The number of carbonyl (C=O) groups excluding carboxylic acids is 2. The van der Waals surface area contributed by atoms with Crippen molar-refractivity contribution in [2.24, 2.45) is 0 Å². The summed E-state index contributed by atoms with van der Waals surface area (Å²) in [5.74, 6) is -0.884. The highest BCUT2D eigenvalue weighted by Crippen LogP contribution is 2.23. The molecule has 2 atom stereocenters. The van der Waals surface area contributed by atoms with E-state index in [-0.39, 0.29) is 12.3 Å². The van der Waals surface area contributed by atoms with Gasteiger partial charge in [0, 0.05) is 18.6 Å². The van der Waals surface area contributed by atoms with Gasteiger partial charge in [-0.3, -0.25) is 4.79 Å². The zero-order chi connectivity index (χ0) is 19.0. The molecule has 0 radical (unpaired) electrons. The summed E-state index contributed by atoms with van der Waals surface area (Å²) in [6.45, 7) is 4.03. The normalized spacial score (nSPS) is 14.1. The number of ether oxygens (including phenoxy) is 2. The highest BCUT2D eigenvalue weighted by atomic mass is 16.5. The zero-order valence-corrected chi connectivity index (χ0v) is 15.4. The van der Waals surface area contributed by atoms with Crippen molar-refractivity contribution in [2.75, 3.05) is 13.7 Å². The fourth-order valence-corrected chi connectivity index (χ4v) is 2.94. The van der Waals surface area contributed by atoms with Crippen LogP contribution in [0.15, 0.2) is 60.7 Å². The first-order valence-corrected chi connectivity index (χ1v) is 8.65. The van der Waals surface area contributed by atoms with E-state index in [0.29, 0.717) is 12.2 Å². The molecule has 0 saturated heterocycles. The number of benzene rings is 2. The van der Waals surface area contributed by atoms with Crippen LogP contribution in [-0.2, 0) is 20.7 Å². The van der Waals surface area contributed by atoms with Gasteiger partial charge in [0.2, 0.25) is 0 Å². The van der Waals surface area contributed by atoms with Crippen molar-refractivity contribution in [2.45, 2.75) is 31.9 Å². The van der Waals surface area contributed by atoms with Gasteiger partial charge >= 0.3 is 5.97 Å². The molecule has 0 heterocycles. The van der Waals surface area contributed by atoms with Crippen LogP contribution in [0.1, 0.15) is 29.8 Å². The van der Waals surface area contributed by atoms with Crippen molar-refractivity contribution in [3.63, 3.8) is 0 Å². The van der Waals surface area contributed by atoms with Gasteiger partial charge in [-0.25, -0.2) is 4.79 Å². The molecule has 2 aromatic carbocycles. The summed E-state index contributed by atoms with van der Waals surface area (Å²) < 4.78 is 10.8. The maximum absolute atomic E-state index is 12.8. The molecule has 0 aliphatic heterocycles. The molecule has 2 aromatic rings. The Kier molecular flexibility index (Phi) is 6.92. The highest BCUT2D eigenvalue weighted by Gasteiger charge is 2.47. The molecule has 5 heteroatoms. The molecular formula is C21H25NO4. The largest absolute Gasteiger partial charge is 0.467 e. The Balaban J connectivity index is 2.43. The molecule has 5 nitrogen and oxygen atoms in total. The maximum Gasteiger partial charge on any atom is 0.334 e. The van der Waals surface area contributed by atoms with Crippen LogP contribution in [0.5, 0.6) is 0 Å². The molecule has 0 aliphatic carbocycles. The SMILES string of the molecule is CCO[C@@H](C)[C@](Cc1ccccc1)(NC(=O)c1ccccc1)C(=O)OC. The number of esters is 1. The minimum Gasteiger partial charge on any atom is -0.467 e. The van der Waals surface area contributed by atoms with E-state index in [9.17, 15) is 9.59 Å². The smallest absolute Gasteiger partial charge is 0.334 e. The summed E-state index contributed by atoms with van der Waals surface area (Å²) in [5.41, 5.74) is 0.0364. The second kappa shape index (κ2) is 9.15. The molecule has 26 heavy (non-hydrogen) atoms. The van der Waals surface area contributed by atoms with E-state index >= 15 is 0 Å². The zero-order valence-electron chi connectivity index (χ0n) is 15.4. The van der Waals surface area contributed by atoms with Gasteiger partial charge in [0.1, 0.15) is 0 Å². The van der Waals surface area contributed by atoms with Crippen LogP contribution in [0.3, 0.4) is 0 Å². The summed E-state index contributed by atoms with van der Waals surface area (Å²) in [6, 6.07) is 18.3. The number of nitrogens with one attached hydrogen (secondary N) is 1. The van der Waals surface area contributed by atoms with Crippen molar-refractivity contribution < 1.29 is 19.1 Å². The molecule has 0 fully saturated rings. The van der Waals surface area contributed by atoms with Crippen LogP contribution in [0.4, 0.5) is 0 Å². The van der Waals surface area contributed by atoms with Gasteiger partial charge in [0.25, 0.3) is 5.91 Å². The lowest BCUT2D eigenvalue weighted by Crippen LogP contribution is -2.63. The Morgan fingerprint density at radius 1 is 1.04 bits per heavy atom. The van der Waals surface area contributed by atoms with Gasteiger partial charge in [0.15, 0.2) is 5.54 Å². The van der Waals surface area contributed by atoms with Crippen LogP contribution < -0.4 is 5.32 Å². The summed E-state index contributed by atoms with van der Waals surface area (Å²) in [6.07, 6.45) is -0.312. The third kappa shape index (κ3) is 4.49. The second-order valence-electron chi connectivity index (χ2n) is 6.04. The van der Waals surface area contributed by atoms with Crippen molar-refractivity contribution >= 4 is 11.9 Å². The van der Waals surface area contributed by atoms with Gasteiger partial charge in [-0.05, 0) is 31.5 Å². The lowest BCUT2D eigenvalue weighted by atomic mass is 9.85. The van der Waals surface area contributed by atoms with Crippen molar-refractivity contribution in [3.05, 3.63) is 71.8 Å². The van der Waals surface area contributed by atoms with Crippen LogP contribution in [0.25, 0.3) is 0 Å². The highest BCUT2D eigenvalue weighted by molar-refractivity contribution is 5.98. The van der Waals surface area contributed by atoms with Crippen LogP contribution >= 0.6 is 0 Å². The van der Waals surface area contributed by atoms with E-state index < -0.39 is 17.6 Å². The molecule has 0 saturated carbocycles. The van der Waals surface area contributed by atoms with E-state index in [1.807, 2.05) is 43.3 Å². The lowest BCUT2D eigenvalue weighted by Gasteiger charge is -2.37. The quantitative estimate of drug-likeness (QED) is 0.740. The molecular weight excluding hydrogens is 330 g/mol. The Hall–Kier alpha value is -2.66. The van der Waals surface area contributed by atoms with Crippen LogP contribution in [0, 0.1) is 0 Å². The van der Waals surface area contributed by atoms with Gasteiger partial charge in [-0.15, -0.1) is 0 Å². The van der Waals surface area contributed by atoms with Gasteiger partial charge < -0.3 is 14.8 Å². The predicted molar refractivity (Wildman–Crippen MR) is 99.9 cm³/mol. The third-order valence-corrected chi connectivity index (χ3v) is 4.36. The Bertz CT molecular complexity index is 717. The predicted octanol–water partition coefficient (Wildman–Crippen LogP) is 3.00. The minimum atomic E-state index is -1.33. The molecule has 0 spiro atoms. The first-order valence-electron chi connectivity index (χ1n) is 8.65. The Morgan fingerprint density at radius 3 is 2.15 bits per heavy atom. The number of rotatable bonds is 8. The van der Waals surface area contributed by atoms with E-state index in [1.165, 1.54) is 7.11 Å². The maximum atomic E-state index is 12.8. The van der Waals surface area contributed by atoms with E-state index in [0.717, 1.165) is 5.56 Å². The summed E-state index contributed by atoms with van der Waals surface area (Å²) >= 11 is 0. The van der Waals surface area contributed by atoms with Gasteiger partial charge in [-0.1, -0.05) is 48.5 Å². The van der Waals surface area contributed by atoms with E-state index in [4.69, 9.17) is 9.47 Å². The molecule has 2 rings (SSSR count). The molecule has 0 bridgehead atoms. The first kappa shape index (κ1) is 19.7. The van der Waals surface area contributed by atoms with E-state index in [1.54, 1.807) is 31.2 Å². The number of hydrogen-bond donors (Lipinski definition) is 1. The minimum absolute atomic E-state index is 0.264. The molecule has 1 N–H and O–H groups in total.